The molecule has 3 nitrogen and oxygen atoms in total. The van der Waals surface area contributed by atoms with Gasteiger partial charge in [-0.1, -0.05) is 39.7 Å². The second-order valence-electron chi connectivity index (χ2n) is 4.72. The normalized spacial score (nSPS) is 17.8. The molecule has 1 aromatic carbocycles. The largest absolute Gasteiger partial charge is 0.493 e. The summed E-state index contributed by atoms with van der Waals surface area (Å²) < 4.78 is 6.83. The lowest BCUT2D eigenvalue weighted by molar-refractivity contribution is 0.316. The van der Waals surface area contributed by atoms with Crippen molar-refractivity contribution in [3.8, 4) is 5.75 Å². The average molecular weight is 354 g/mol. The molecule has 1 aliphatic rings. The molecule has 1 aromatic heterocycles. The van der Waals surface area contributed by atoms with Crippen LogP contribution in [-0.2, 0) is 0 Å². The molecule has 20 heavy (non-hydrogen) atoms. The van der Waals surface area contributed by atoms with Crippen molar-refractivity contribution in [2.75, 3.05) is 11.9 Å². The minimum absolute atomic E-state index is 0.187. The van der Waals surface area contributed by atoms with Gasteiger partial charge in [-0.25, -0.2) is 4.98 Å². The Morgan fingerprint density at radius 1 is 1.30 bits per heavy atom. The number of rotatable bonds is 2. The van der Waals surface area contributed by atoms with Gasteiger partial charge in [-0.2, -0.15) is 0 Å². The summed E-state index contributed by atoms with van der Waals surface area (Å²) in [5.41, 5.74) is 1.16. The lowest BCUT2D eigenvalue weighted by Crippen LogP contribution is -2.11. The summed E-state index contributed by atoms with van der Waals surface area (Å²) in [6.45, 7) is 0.741. The Labute approximate surface area is 131 Å². The first-order valence-corrected chi connectivity index (χ1v) is 7.71. The minimum Gasteiger partial charge on any atom is -0.493 e. The van der Waals surface area contributed by atoms with E-state index in [0.29, 0.717) is 5.15 Å². The molecule has 1 atom stereocenters. The second kappa shape index (κ2) is 6.02. The molecule has 2 heterocycles. The van der Waals surface area contributed by atoms with E-state index in [1.54, 1.807) is 6.07 Å². The minimum atomic E-state index is 0.187. The lowest BCUT2D eigenvalue weighted by atomic mass is 10.0. The zero-order valence-electron chi connectivity index (χ0n) is 10.8. The van der Waals surface area contributed by atoms with Crippen LogP contribution in [0.4, 0.5) is 5.82 Å². The monoisotopic (exact) mass is 352 g/mol. The summed E-state index contributed by atoms with van der Waals surface area (Å²) >= 11 is 9.42. The summed E-state index contributed by atoms with van der Waals surface area (Å²) in [6.07, 6.45) is 2.01. The van der Waals surface area contributed by atoms with E-state index in [4.69, 9.17) is 16.3 Å². The molecule has 3 rings (SSSR count). The van der Waals surface area contributed by atoms with E-state index in [1.807, 2.05) is 24.3 Å². The number of nitrogens with zero attached hydrogens (tertiary/aromatic N) is 1. The Balaban J connectivity index is 1.90. The molecule has 0 amide bonds. The number of ether oxygens (including phenoxy) is 1. The predicted molar refractivity (Wildman–Crippen MR) is 84.5 cm³/mol. The number of fused-ring (bicyclic) bond motifs is 1. The van der Waals surface area contributed by atoms with E-state index in [0.717, 1.165) is 41.1 Å². The SMILES string of the molecule is Clc1cccc(NC2CCCOc3cc(Br)ccc32)n1. The van der Waals surface area contributed by atoms with Gasteiger partial charge in [-0.3, -0.25) is 0 Å². The van der Waals surface area contributed by atoms with Crippen molar-refractivity contribution in [3.63, 3.8) is 0 Å². The highest BCUT2D eigenvalue weighted by Gasteiger charge is 2.20. The van der Waals surface area contributed by atoms with Crippen LogP contribution in [-0.4, -0.2) is 11.6 Å². The molecule has 0 aliphatic carbocycles. The maximum absolute atomic E-state index is 5.93. The van der Waals surface area contributed by atoms with Crippen LogP contribution >= 0.6 is 27.5 Å². The average Bonchev–Trinajstić information content (AvgIpc) is 2.61. The van der Waals surface area contributed by atoms with Gasteiger partial charge in [0, 0.05) is 10.0 Å². The van der Waals surface area contributed by atoms with Crippen molar-refractivity contribution in [3.05, 3.63) is 51.6 Å². The highest BCUT2D eigenvalue weighted by molar-refractivity contribution is 9.10. The van der Waals surface area contributed by atoms with Gasteiger partial charge >= 0.3 is 0 Å². The highest BCUT2D eigenvalue weighted by Crippen LogP contribution is 2.35. The highest BCUT2D eigenvalue weighted by atomic mass is 79.9. The summed E-state index contributed by atoms with van der Waals surface area (Å²) in [5.74, 6) is 1.72. The Kier molecular flexibility index (Phi) is 4.13. The zero-order chi connectivity index (χ0) is 13.9. The number of pyridine rings is 1. The third-order valence-corrected chi connectivity index (χ3v) is 3.99. The molecule has 1 N–H and O–H groups in total. The van der Waals surface area contributed by atoms with Crippen molar-refractivity contribution in [1.82, 2.24) is 4.98 Å². The molecular formula is C15H14BrClN2O. The van der Waals surface area contributed by atoms with Gasteiger partial charge in [0.25, 0.3) is 0 Å². The third kappa shape index (κ3) is 3.07. The summed E-state index contributed by atoms with van der Waals surface area (Å²) in [5, 5.41) is 3.94. The Hall–Kier alpha value is -1.26. The first-order valence-electron chi connectivity index (χ1n) is 6.54. The fraction of sp³-hybridized carbons (Fsp3) is 0.267. The summed E-state index contributed by atoms with van der Waals surface area (Å²) in [4.78, 5) is 4.29. The fourth-order valence-electron chi connectivity index (χ4n) is 2.36. The van der Waals surface area contributed by atoms with Crippen molar-refractivity contribution in [2.24, 2.45) is 0 Å². The number of hydrogen-bond donors (Lipinski definition) is 1. The van der Waals surface area contributed by atoms with E-state index in [2.05, 4.69) is 32.3 Å². The molecule has 1 unspecified atom stereocenters. The number of halogens is 2. The zero-order valence-corrected chi connectivity index (χ0v) is 13.1. The number of hydrogen-bond acceptors (Lipinski definition) is 3. The van der Waals surface area contributed by atoms with E-state index in [9.17, 15) is 0 Å². The van der Waals surface area contributed by atoms with Gasteiger partial charge in [-0.15, -0.1) is 0 Å². The van der Waals surface area contributed by atoms with Crippen LogP contribution in [0.25, 0.3) is 0 Å². The molecule has 0 saturated carbocycles. The number of nitrogens with one attached hydrogen (secondary N) is 1. The van der Waals surface area contributed by atoms with Crippen LogP contribution in [0.1, 0.15) is 24.4 Å². The molecule has 5 heteroatoms. The van der Waals surface area contributed by atoms with Crippen molar-refractivity contribution in [2.45, 2.75) is 18.9 Å². The van der Waals surface area contributed by atoms with Gasteiger partial charge in [0.2, 0.25) is 0 Å². The third-order valence-electron chi connectivity index (χ3n) is 3.28. The van der Waals surface area contributed by atoms with Gasteiger partial charge in [0.1, 0.15) is 16.7 Å². The summed E-state index contributed by atoms with van der Waals surface area (Å²) in [7, 11) is 0. The second-order valence-corrected chi connectivity index (χ2v) is 6.02. The standard InChI is InChI=1S/C15H14BrClN2O/c16-10-6-7-11-12(3-2-8-20-13(11)9-10)18-15-5-1-4-14(17)19-15/h1,4-7,9,12H,2-3,8H2,(H,18,19). The van der Waals surface area contributed by atoms with E-state index < -0.39 is 0 Å². The summed E-state index contributed by atoms with van der Waals surface area (Å²) in [6, 6.07) is 11.9. The van der Waals surface area contributed by atoms with Crippen LogP contribution in [0.2, 0.25) is 5.15 Å². The van der Waals surface area contributed by atoms with Gasteiger partial charge in [0.05, 0.1) is 12.6 Å². The van der Waals surface area contributed by atoms with E-state index in [1.165, 1.54) is 0 Å². The predicted octanol–water partition coefficient (Wildman–Crippen LogP) is 4.82. The van der Waals surface area contributed by atoms with Crippen molar-refractivity contribution < 1.29 is 4.74 Å². The Bertz CT molecular complexity index is 621. The lowest BCUT2D eigenvalue weighted by Gasteiger charge is -2.19. The number of aromatic nitrogens is 1. The molecule has 0 radical (unpaired) electrons. The molecule has 0 spiro atoms. The Morgan fingerprint density at radius 3 is 3.05 bits per heavy atom. The molecule has 0 bridgehead atoms. The molecule has 1 aliphatic heterocycles. The molecular weight excluding hydrogens is 340 g/mol. The first-order chi connectivity index (χ1) is 9.72. The van der Waals surface area contributed by atoms with Crippen LogP contribution < -0.4 is 10.1 Å². The number of anilines is 1. The smallest absolute Gasteiger partial charge is 0.131 e. The first kappa shape index (κ1) is 13.7. The van der Waals surface area contributed by atoms with Crippen molar-refractivity contribution in [1.29, 1.82) is 0 Å². The quantitative estimate of drug-likeness (QED) is 0.786. The van der Waals surface area contributed by atoms with Gasteiger partial charge < -0.3 is 10.1 Å². The van der Waals surface area contributed by atoms with Gasteiger partial charge in [0.15, 0.2) is 0 Å². The van der Waals surface area contributed by atoms with E-state index in [-0.39, 0.29) is 6.04 Å². The van der Waals surface area contributed by atoms with Crippen LogP contribution in [0.15, 0.2) is 40.9 Å². The molecule has 2 aromatic rings. The Morgan fingerprint density at radius 2 is 2.20 bits per heavy atom. The van der Waals surface area contributed by atoms with Crippen LogP contribution in [0.5, 0.6) is 5.75 Å². The van der Waals surface area contributed by atoms with Gasteiger partial charge in [-0.05, 0) is 37.1 Å². The molecule has 0 fully saturated rings. The molecule has 104 valence electrons. The van der Waals surface area contributed by atoms with Crippen LogP contribution in [0, 0.1) is 0 Å². The van der Waals surface area contributed by atoms with E-state index >= 15 is 0 Å². The molecule has 0 saturated heterocycles. The maximum atomic E-state index is 5.93. The topological polar surface area (TPSA) is 34.1 Å². The van der Waals surface area contributed by atoms with Crippen LogP contribution in [0.3, 0.4) is 0 Å². The fourth-order valence-corrected chi connectivity index (χ4v) is 2.87. The van der Waals surface area contributed by atoms with Crippen molar-refractivity contribution >= 4 is 33.3 Å². The number of benzene rings is 1. The maximum Gasteiger partial charge on any atom is 0.131 e.